The van der Waals surface area contributed by atoms with Crippen LogP contribution in [-0.2, 0) is 13.0 Å². The van der Waals surface area contributed by atoms with Crippen molar-refractivity contribution >= 4 is 0 Å². The molecular weight excluding hydrogens is 332 g/mol. The lowest BCUT2D eigenvalue weighted by molar-refractivity contribution is 0.332. The second-order valence-corrected chi connectivity index (χ2v) is 7.54. The van der Waals surface area contributed by atoms with Gasteiger partial charge < -0.3 is 15.4 Å². The molecule has 0 bridgehead atoms. The van der Waals surface area contributed by atoms with E-state index in [1.165, 1.54) is 24.0 Å². The fraction of sp³-hybridized carbons (Fsp3) is 0.500. The molecule has 2 aromatic rings. The van der Waals surface area contributed by atoms with Crippen molar-refractivity contribution in [1.82, 2.24) is 10.6 Å². The van der Waals surface area contributed by atoms with Crippen molar-refractivity contribution in [3.63, 3.8) is 0 Å². The number of ether oxygens (including phenoxy) is 1. The van der Waals surface area contributed by atoms with Gasteiger partial charge in [0.1, 0.15) is 5.75 Å². The Kier molecular flexibility index (Phi) is 9.96. The van der Waals surface area contributed by atoms with E-state index in [0.717, 1.165) is 31.8 Å². The predicted molar refractivity (Wildman–Crippen MR) is 115 cm³/mol. The van der Waals surface area contributed by atoms with Crippen LogP contribution in [0.1, 0.15) is 44.7 Å². The van der Waals surface area contributed by atoms with E-state index in [4.69, 9.17) is 4.74 Å². The SMILES string of the molecule is CCOc1ccccc1CNC(CNCCCc1ccccc1)CC(C)C. The van der Waals surface area contributed by atoms with E-state index < -0.39 is 0 Å². The molecule has 3 heteroatoms. The van der Waals surface area contributed by atoms with Gasteiger partial charge in [-0.1, -0.05) is 62.4 Å². The summed E-state index contributed by atoms with van der Waals surface area (Å²) in [6.07, 6.45) is 3.48. The Morgan fingerprint density at radius 1 is 0.963 bits per heavy atom. The summed E-state index contributed by atoms with van der Waals surface area (Å²) in [7, 11) is 0. The lowest BCUT2D eigenvalue weighted by atomic mass is 10.0. The van der Waals surface area contributed by atoms with Crippen molar-refractivity contribution < 1.29 is 4.74 Å². The molecular formula is C24H36N2O. The fourth-order valence-corrected chi connectivity index (χ4v) is 3.35. The second-order valence-electron chi connectivity index (χ2n) is 7.54. The highest BCUT2D eigenvalue weighted by molar-refractivity contribution is 5.33. The standard InChI is InChI=1S/C24H36N2O/c1-4-27-24-15-9-8-14-22(24)18-26-23(17-20(2)3)19-25-16-10-13-21-11-6-5-7-12-21/h5-9,11-12,14-15,20,23,25-26H,4,10,13,16-19H2,1-3H3. The first-order valence-electron chi connectivity index (χ1n) is 10.4. The van der Waals surface area contributed by atoms with Gasteiger partial charge in [0.15, 0.2) is 0 Å². The number of hydrogen-bond acceptors (Lipinski definition) is 3. The van der Waals surface area contributed by atoms with Crippen LogP contribution < -0.4 is 15.4 Å². The monoisotopic (exact) mass is 368 g/mol. The highest BCUT2D eigenvalue weighted by Crippen LogP contribution is 2.18. The molecule has 0 saturated heterocycles. The Labute approximate surface area is 165 Å². The molecule has 0 fully saturated rings. The van der Waals surface area contributed by atoms with Gasteiger partial charge in [-0.15, -0.1) is 0 Å². The third kappa shape index (κ3) is 8.59. The van der Waals surface area contributed by atoms with Gasteiger partial charge >= 0.3 is 0 Å². The van der Waals surface area contributed by atoms with Crippen LogP contribution in [0, 0.1) is 5.92 Å². The van der Waals surface area contributed by atoms with Crippen LogP contribution in [0.2, 0.25) is 0 Å². The first kappa shape index (κ1) is 21.5. The molecule has 2 rings (SSSR count). The van der Waals surface area contributed by atoms with Crippen LogP contribution in [0.3, 0.4) is 0 Å². The summed E-state index contributed by atoms with van der Waals surface area (Å²) in [5.74, 6) is 1.67. The highest BCUT2D eigenvalue weighted by atomic mass is 16.5. The van der Waals surface area contributed by atoms with Crippen molar-refractivity contribution in [1.29, 1.82) is 0 Å². The van der Waals surface area contributed by atoms with E-state index in [0.29, 0.717) is 18.6 Å². The smallest absolute Gasteiger partial charge is 0.123 e. The number of hydrogen-bond donors (Lipinski definition) is 2. The molecule has 0 saturated carbocycles. The van der Waals surface area contributed by atoms with Crippen molar-refractivity contribution in [2.45, 2.75) is 52.6 Å². The molecule has 1 unspecified atom stereocenters. The zero-order valence-electron chi connectivity index (χ0n) is 17.2. The Morgan fingerprint density at radius 3 is 2.44 bits per heavy atom. The molecule has 0 aliphatic rings. The van der Waals surface area contributed by atoms with E-state index in [1.54, 1.807) is 0 Å². The van der Waals surface area contributed by atoms with Crippen molar-refractivity contribution in [2.75, 3.05) is 19.7 Å². The Morgan fingerprint density at radius 2 is 1.70 bits per heavy atom. The van der Waals surface area contributed by atoms with Crippen LogP contribution in [0.5, 0.6) is 5.75 Å². The summed E-state index contributed by atoms with van der Waals surface area (Å²) < 4.78 is 5.75. The van der Waals surface area contributed by atoms with E-state index >= 15 is 0 Å². The van der Waals surface area contributed by atoms with Crippen molar-refractivity contribution in [2.24, 2.45) is 5.92 Å². The number of benzene rings is 2. The van der Waals surface area contributed by atoms with Crippen LogP contribution >= 0.6 is 0 Å². The molecule has 0 aliphatic carbocycles. The Hall–Kier alpha value is -1.84. The third-order valence-electron chi connectivity index (χ3n) is 4.66. The Bertz CT molecular complexity index is 627. The summed E-state index contributed by atoms with van der Waals surface area (Å²) >= 11 is 0. The van der Waals surface area contributed by atoms with Crippen LogP contribution in [0.4, 0.5) is 0 Å². The summed E-state index contributed by atoms with van der Waals surface area (Å²) in [6.45, 7) is 10.2. The van der Waals surface area contributed by atoms with E-state index in [9.17, 15) is 0 Å². The van der Waals surface area contributed by atoms with Gasteiger partial charge in [-0.3, -0.25) is 0 Å². The quantitative estimate of drug-likeness (QED) is 0.498. The number of rotatable bonds is 13. The first-order chi connectivity index (χ1) is 13.2. The third-order valence-corrected chi connectivity index (χ3v) is 4.66. The van der Waals surface area contributed by atoms with Gasteiger partial charge in [-0.05, 0) is 50.3 Å². The molecule has 0 radical (unpaired) electrons. The summed E-state index contributed by atoms with van der Waals surface area (Å²) in [5.41, 5.74) is 2.65. The van der Waals surface area contributed by atoms with Crippen LogP contribution in [0.25, 0.3) is 0 Å². The van der Waals surface area contributed by atoms with Crippen LogP contribution in [-0.4, -0.2) is 25.7 Å². The minimum Gasteiger partial charge on any atom is -0.494 e. The Balaban J connectivity index is 1.75. The van der Waals surface area contributed by atoms with Crippen molar-refractivity contribution in [3.05, 3.63) is 65.7 Å². The number of aryl methyl sites for hydroxylation is 1. The molecule has 0 heterocycles. The normalized spacial score (nSPS) is 12.3. The minimum absolute atomic E-state index is 0.469. The topological polar surface area (TPSA) is 33.3 Å². The maximum atomic E-state index is 5.75. The molecule has 27 heavy (non-hydrogen) atoms. The van der Waals surface area contributed by atoms with E-state index in [1.807, 2.05) is 13.0 Å². The lowest BCUT2D eigenvalue weighted by Gasteiger charge is -2.22. The summed E-state index contributed by atoms with van der Waals surface area (Å²) in [5, 5.41) is 7.38. The van der Waals surface area contributed by atoms with Gasteiger partial charge in [0.05, 0.1) is 6.61 Å². The maximum absolute atomic E-state index is 5.75. The van der Waals surface area contributed by atoms with Gasteiger partial charge in [-0.25, -0.2) is 0 Å². The first-order valence-corrected chi connectivity index (χ1v) is 10.4. The van der Waals surface area contributed by atoms with E-state index in [-0.39, 0.29) is 0 Å². The largest absolute Gasteiger partial charge is 0.494 e. The second kappa shape index (κ2) is 12.5. The maximum Gasteiger partial charge on any atom is 0.123 e. The fourth-order valence-electron chi connectivity index (χ4n) is 3.35. The molecule has 3 nitrogen and oxygen atoms in total. The zero-order valence-corrected chi connectivity index (χ0v) is 17.2. The molecule has 2 aromatic carbocycles. The number of para-hydroxylation sites is 1. The average Bonchev–Trinajstić information content (AvgIpc) is 2.67. The summed E-state index contributed by atoms with van der Waals surface area (Å²) in [4.78, 5) is 0. The van der Waals surface area contributed by atoms with Gasteiger partial charge in [-0.2, -0.15) is 0 Å². The average molecular weight is 369 g/mol. The van der Waals surface area contributed by atoms with Crippen molar-refractivity contribution in [3.8, 4) is 5.75 Å². The molecule has 1 atom stereocenters. The molecule has 0 spiro atoms. The summed E-state index contributed by atoms with van der Waals surface area (Å²) in [6, 6.07) is 19.5. The molecule has 148 valence electrons. The zero-order chi connectivity index (χ0) is 19.3. The minimum atomic E-state index is 0.469. The molecule has 2 N–H and O–H groups in total. The molecule has 0 aliphatic heterocycles. The molecule has 0 aromatic heterocycles. The molecule has 0 amide bonds. The van der Waals surface area contributed by atoms with E-state index in [2.05, 4.69) is 73.0 Å². The van der Waals surface area contributed by atoms with Gasteiger partial charge in [0.25, 0.3) is 0 Å². The van der Waals surface area contributed by atoms with Gasteiger partial charge in [0.2, 0.25) is 0 Å². The van der Waals surface area contributed by atoms with Gasteiger partial charge in [0, 0.05) is 24.7 Å². The van der Waals surface area contributed by atoms with Crippen LogP contribution in [0.15, 0.2) is 54.6 Å². The number of nitrogens with one attached hydrogen (secondary N) is 2. The highest BCUT2D eigenvalue weighted by Gasteiger charge is 2.11. The lowest BCUT2D eigenvalue weighted by Crippen LogP contribution is -2.39. The predicted octanol–water partition coefficient (Wildman–Crippen LogP) is 4.81.